The lowest BCUT2D eigenvalue weighted by atomic mass is 10.2. The van der Waals surface area contributed by atoms with Crippen molar-refractivity contribution >= 4 is 44.4 Å². The molecule has 0 aliphatic carbocycles. The molecule has 0 spiro atoms. The van der Waals surface area contributed by atoms with Crippen LogP contribution in [-0.2, 0) is 0 Å². The van der Waals surface area contributed by atoms with E-state index in [1.54, 1.807) is 12.3 Å². The highest BCUT2D eigenvalue weighted by molar-refractivity contribution is 9.10. The molecule has 100 valence electrons. The number of fused-ring (bicyclic) bond motifs is 1. The van der Waals surface area contributed by atoms with Crippen molar-refractivity contribution in [3.8, 4) is 0 Å². The van der Waals surface area contributed by atoms with E-state index in [-0.39, 0.29) is 11.8 Å². The second-order valence-electron chi connectivity index (χ2n) is 4.03. The first kappa shape index (κ1) is 12.5. The predicted molar refractivity (Wildman–Crippen MR) is 78.2 cm³/mol. The second kappa shape index (κ2) is 4.89. The molecule has 0 unspecified atom stereocenters. The van der Waals surface area contributed by atoms with Gasteiger partial charge in [-0.1, -0.05) is 12.1 Å². The number of hydrogen-bond donors (Lipinski definition) is 3. The third kappa shape index (κ3) is 2.32. The van der Waals surface area contributed by atoms with Crippen LogP contribution in [0.1, 0.15) is 10.6 Å². The third-order valence-corrected chi connectivity index (χ3v) is 3.08. The van der Waals surface area contributed by atoms with Gasteiger partial charge in [0.05, 0.1) is 11.2 Å². The number of aromatic nitrogens is 4. The maximum atomic E-state index is 12.0. The van der Waals surface area contributed by atoms with Gasteiger partial charge in [0.25, 0.3) is 5.91 Å². The van der Waals surface area contributed by atoms with Crippen LogP contribution < -0.4 is 11.1 Å². The Kier molecular flexibility index (Phi) is 3.07. The Balaban J connectivity index is 1.97. The van der Waals surface area contributed by atoms with Crippen molar-refractivity contribution in [3.63, 3.8) is 0 Å². The lowest BCUT2D eigenvalue weighted by molar-refractivity contribution is 0.101. The molecule has 0 bridgehead atoms. The summed E-state index contributed by atoms with van der Waals surface area (Å²) in [6, 6.07) is 7.43. The Bertz CT molecular complexity index is 799. The van der Waals surface area contributed by atoms with Crippen LogP contribution in [0.5, 0.6) is 0 Å². The Morgan fingerprint density at radius 3 is 3.00 bits per heavy atom. The van der Waals surface area contributed by atoms with Gasteiger partial charge in [0.15, 0.2) is 0 Å². The van der Waals surface area contributed by atoms with E-state index in [0.717, 1.165) is 9.86 Å². The van der Waals surface area contributed by atoms with E-state index in [0.29, 0.717) is 11.2 Å². The molecule has 7 nitrogen and oxygen atoms in total. The maximum absolute atomic E-state index is 12.0. The number of pyridine rings is 1. The van der Waals surface area contributed by atoms with Crippen molar-refractivity contribution in [1.29, 1.82) is 0 Å². The van der Waals surface area contributed by atoms with Crippen molar-refractivity contribution in [2.24, 2.45) is 0 Å². The number of para-hydroxylation sites is 1. The van der Waals surface area contributed by atoms with E-state index < -0.39 is 5.91 Å². The monoisotopic (exact) mass is 332 g/mol. The van der Waals surface area contributed by atoms with Crippen molar-refractivity contribution in [2.45, 2.75) is 0 Å². The number of H-pyrrole nitrogens is 1. The van der Waals surface area contributed by atoms with Crippen LogP contribution in [-0.4, -0.2) is 26.1 Å². The number of anilines is 2. The number of carbonyl (C=O) groups excluding carboxylic acids is 1. The summed E-state index contributed by atoms with van der Waals surface area (Å²) in [7, 11) is 0. The lowest BCUT2D eigenvalue weighted by Gasteiger charge is -2.06. The molecule has 0 saturated heterocycles. The highest BCUT2D eigenvalue weighted by Gasteiger charge is 2.12. The fraction of sp³-hybridized carbons (Fsp3) is 0. The number of halogens is 1. The SMILES string of the molecule is Nc1n[nH]c(C(=O)Nc2cccc3cc(Br)cnc23)n1. The molecule has 20 heavy (non-hydrogen) atoms. The number of nitrogens with one attached hydrogen (secondary N) is 2. The average molecular weight is 333 g/mol. The minimum atomic E-state index is -0.425. The Morgan fingerprint density at radius 1 is 1.40 bits per heavy atom. The van der Waals surface area contributed by atoms with Gasteiger partial charge in [0, 0.05) is 16.1 Å². The lowest BCUT2D eigenvalue weighted by Crippen LogP contribution is -2.14. The van der Waals surface area contributed by atoms with Gasteiger partial charge in [-0.15, -0.1) is 5.10 Å². The first-order chi connectivity index (χ1) is 9.63. The molecule has 1 amide bonds. The van der Waals surface area contributed by atoms with E-state index in [2.05, 4.69) is 41.4 Å². The molecule has 0 fully saturated rings. The van der Waals surface area contributed by atoms with Crippen molar-refractivity contribution < 1.29 is 4.79 Å². The Labute approximate surface area is 121 Å². The van der Waals surface area contributed by atoms with E-state index in [9.17, 15) is 4.79 Å². The fourth-order valence-electron chi connectivity index (χ4n) is 1.79. The molecule has 1 aromatic carbocycles. The minimum Gasteiger partial charge on any atom is -0.366 e. The first-order valence-electron chi connectivity index (χ1n) is 5.67. The highest BCUT2D eigenvalue weighted by atomic mass is 79.9. The van der Waals surface area contributed by atoms with Crippen LogP contribution in [0.15, 0.2) is 34.9 Å². The van der Waals surface area contributed by atoms with Crippen LogP contribution in [0.2, 0.25) is 0 Å². The Morgan fingerprint density at radius 2 is 2.25 bits per heavy atom. The zero-order valence-corrected chi connectivity index (χ0v) is 11.7. The number of aromatic amines is 1. The maximum Gasteiger partial charge on any atom is 0.293 e. The van der Waals surface area contributed by atoms with E-state index >= 15 is 0 Å². The number of nitrogen functional groups attached to an aromatic ring is 1. The standard InChI is InChI=1S/C12H9BrN6O/c13-7-4-6-2-1-3-8(9(6)15-5-7)16-11(20)10-17-12(14)19-18-10/h1-5H,(H,16,20)(H3,14,17,18,19). The number of amides is 1. The van der Waals surface area contributed by atoms with Gasteiger partial charge in [-0.2, -0.15) is 4.98 Å². The third-order valence-electron chi connectivity index (χ3n) is 2.64. The van der Waals surface area contributed by atoms with Crippen molar-refractivity contribution in [1.82, 2.24) is 20.2 Å². The molecule has 3 rings (SSSR count). The zero-order chi connectivity index (χ0) is 14.1. The topological polar surface area (TPSA) is 110 Å². The van der Waals surface area contributed by atoms with Gasteiger partial charge in [0.2, 0.25) is 11.8 Å². The number of hydrogen-bond acceptors (Lipinski definition) is 5. The molecular formula is C12H9BrN6O. The van der Waals surface area contributed by atoms with Crippen LogP contribution in [0.4, 0.5) is 11.6 Å². The van der Waals surface area contributed by atoms with E-state index in [1.807, 2.05) is 18.2 Å². The molecule has 2 aromatic heterocycles. The quantitative estimate of drug-likeness (QED) is 0.664. The summed E-state index contributed by atoms with van der Waals surface area (Å²) in [5.41, 5.74) is 6.65. The molecule has 0 saturated carbocycles. The molecule has 2 heterocycles. The summed E-state index contributed by atoms with van der Waals surface area (Å²) >= 11 is 3.36. The molecule has 3 aromatic rings. The summed E-state index contributed by atoms with van der Waals surface area (Å²) in [6.07, 6.45) is 1.67. The van der Waals surface area contributed by atoms with Crippen LogP contribution in [0.3, 0.4) is 0 Å². The molecular weight excluding hydrogens is 324 g/mol. The first-order valence-corrected chi connectivity index (χ1v) is 6.46. The van der Waals surface area contributed by atoms with Gasteiger partial charge in [-0.05, 0) is 28.1 Å². The van der Waals surface area contributed by atoms with Crippen molar-refractivity contribution in [3.05, 3.63) is 40.8 Å². The summed E-state index contributed by atoms with van der Waals surface area (Å²) in [4.78, 5) is 20.1. The predicted octanol–water partition coefficient (Wildman–Crippen LogP) is 1.95. The van der Waals surface area contributed by atoms with Gasteiger partial charge in [-0.25, -0.2) is 0 Å². The number of nitrogens with zero attached hydrogens (tertiary/aromatic N) is 3. The molecule has 8 heteroatoms. The van der Waals surface area contributed by atoms with Crippen LogP contribution in [0.25, 0.3) is 10.9 Å². The number of rotatable bonds is 2. The van der Waals surface area contributed by atoms with Gasteiger partial charge in [-0.3, -0.25) is 14.9 Å². The number of nitrogens with two attached hydrogens (primary N) is 1. The molecule has 4 N–H and O–H groups in total. The molecule has 0 aliphatic heterocycles. The Hall–Kier alpha value is -2.48. The van der Waals surface area contributed by atoms with Crippen LogP contribution >= 0.6 is 15.9 Å². The summed E-state index contributed by atoms with van der Waals surface area (Å²) in [5.74, 6) is -0.349. The largest absolute Gasteiger partial charge is 0.366 e. The van der Waals surface area contributed by atoms with Gasteiger partial charge in [0.1, 0.15) is 0 Å². The minimum absolute atomic E-state index is 0.0233. The summed E-state index contributed by atoms with van der Waals surface area (Å²) in [6.45, 7) is 0. The summed E-state index contributed by atoms with van der Waals surface area (Å²) < 4.78 is 0.872. The van der Waals surface area contributed by atoms with Gasteiger partial charge >= 0.3 is 0 Å². The van der Waals surface area contributed by atoms with Crippen molar-refractivity contribution in [2.75, 3.05) is 11.1 Å². The van der Waals surface area contributed by atoms with Gasteiger partial charge < -0.3 is 11.1 Å². The highest BCUT2D eigenvalue weighted by Crippen LogP contribution is 2.24. The number of benzene rings is 1. The second-order valence-corrected chi connectivity index (χ2v) is 4.94. The summed E-state index contributed by atoms with van der Waals surface area (Å²) in [5, 5.41) is 9.71. The molecule has 0 radical (unpaired) electrons. The smallest absolute Gasteiger partial charge is 0.293 e. The normalized spacial score (nSPS) is 10.7. The van der Waals surface area contributed by atoms with E-state index in [4.69, 9.17) is 5.73 Å². The number of carbonyl (C=O) groups is 1. The van der Waals surface area contributed by atoms with E-state index in [1.165, 1.54) is 0 Å². The molecule has 0 aliphatic rings. The molecule has 0 atom stereocenters. The fourth-order valence-corrected chi connectivity index (χ4v) is 2.14. The van der Waals surface area contributed by atoms with Crippen LogP contribution in [0, 0.1) is 0 Å². The zero-order valence-electron chi connectivity index (χ0n) is 10.1. The average Bonchev–Trinajstić information content (AvgIpc) is 2.85.